The molecule has 1 unspecified atom stereocenters. The Morgan fingerprint density at radius 1 is 1.38 bits per heavy atom. The summed E-state index contributed by atoms with van der Waals surface area (Å²) in [6.45, 7) is 3.86. The van der Waals surface area contributed by atoms with Crippen LogP contribution in [0.5, 0.6) is 0 Å². The Hall–Kier alpha value is -0.860. The molecular formula is C14H19NO. The molecule has 1 aliphatic carbocycles. The van der Waals surface area contributed by atoms with Crippen LogP contribution in [-0.4, -0.2) is 18.2 Å². The van der Waals surface area contributed by atoms with Gasteiger partial charge < -0.3 is 10.4 Å². The summed E-state index contributed by atoms with van der Waals surface area (Å²) in [6, 6.07) is 6.51. The monoisotopic (exact) mass is 217 g/mol. The first-order valence-corrected chi connectivity index (χ1v) is 6.21. The molecule has 1 fully saturated rings. The largest absolute Gasteiger partial charge is 0.387 e. The van der Waals surface area contributed by atoms with Crippen LogP contribution < -0.4 is 5.32 Å². The van der Waals surface area contributed by atoms with Crippen molar-refractivity contribution in [1.29, 1.82) is 0 Å². The third-order valence-corrected chi connectivity index (χ3v) is 4.25. The molecule has 0 saturated heterocycles. The lowest BCUT2D eigenvalue weighted by Gasteiger charge is -2.42. The second-order valence-corrected chi connectivity index (χ2v) is 5.37. The van der Waals surface area contributed by atoms with Gasteiger partial charge in [0.25, 0.3) is 0 Å². The van der Waals surface area contributed by atoms with E-state index in [1.165, 1.54) is 30.4 Å². The fraction of sp³-hybridized carbons (Fsp3) is 0.571. The third-order valence-electron chi connectivity index (χ3n) is 4.25. The first kappa shape index (κ1) is 10.3. The van der Waals surface area contributed by atoms with Gasteiger partial charge in [-0.05, 0) is 30.9 Å². The van der Waals surface area contributed by atoms with Crippen molar-refractivity contribution in [2.45, 2.75) is 37.7 Å². The Labute approximate surface area is 96.7 Å². The predicted octanol–water partition coefficient (Wildman–Crippen LogP) is 2.05. The van der Waals surface area contributed by atoms with Crippen molar-refractivity contribution >= 4 is 0 Å². The molecule has 2 nitrogen and oxygen atoms in total. The number of aryl methyl sites for hydroxylation is 1. The molecule has 1 aromatic rings. The maximum absolute atomic E-state index is 10.1. The molecule has 1 saturated carbocycles. The van der Waals surface area contributed by atoms with Gasteiger partial charge in [0.15, 0.2) is 0 Å². The molecule has 0 amide bonds. The standard InChI is InChI=1S/C14H19NO/c1-10-3-4-11-12(7-10)14(5-2-6-14)9-15-8-13(11)16/h3-4,7,13,15-16H,2,5-6,8-9H2,1H3. The highest BCUT2D eigenvalue weighted by Gasteiger charge is 2.42. The molecule has 86 valence electrons. The minimum Gasteiger partial charge on any atom is -0.387 e. The van der Waals surface area contributed by atoms with Crippen molar-refractivity contribution in [3.63, 3.8) is 0 Å². The number of aliphatic hydroxyl groups excluding tert-OH is 1. The molecular weight excluding hydrogens is 198 g/mol. The van der Waals surface area contributed by atoms with E-state index in [-0.39, 0.29) is 6.10 Å². The molecule has 3 rings (SSSR count). The van der Waals surface area contributed by atoms with Crippen molar-refractivity contribution in [1.82, 2.24) is 5.32 Å². The van der Waals surface area contributed by atoms with Crippen LogP contribution >= 0.6 is 0 Å². The van der Waals surface area contributed by atoms with E-state index >= 15 is 0 Å². The van der Waals surface area contributed by atoms with E-state index in [4.69, 9.17) is 0 Å². The minimum atomic E-state index is -0.337. The quantitative estimate of drug-likeness (QED) is 0.697. The molecule has 0 bridgehead atoms. The number of aliphatic hydroxyl groups is 1. The van der Waals surface area contributed by atoms with E-state index in [0.717, 1.165) is 12.1 Å². The first-order chi connectivity index (χ1) is 7.71. The zero-order valence-corrected chi connectivity index (χ0v) is 9.79. The lowest BCUT2D eigenvalue weighted by atomic mass is 9.63. The number of nitrogens with one attached hydrogen (secondary N) is 1. The van der Waals surface area contributed by atoms with Crippen LogP contribution in [0.3, 0.4) is 0 Å². The van der Waals surface area contributed by atoms with Crippen molar-refractivity contribution in [2.24, 2.45) is 0 Å². The summed E-state index contributed by atoms with van der Waals surface area (Å²) < 4.78 is 0. The van der Waals surface area contributed by atoms with Crippen LogP contribution in [0.4, 0.5) is 0 Å². The topological polar surface area (TPSA) is 32.3 Å². The highest BCUT2D eigenvalue weighted by atomic mass is 16.3. The van der Waals surface area contributed by atoms with E-state index in [9.17, 15) is 5.11 Å². The minimum absolute atomic E-state index is 0.318. The molecule has 0 aromatic heterocycles. The van der Waals surface area contributed by atoms with Gasteiger partial charge in [-0.15, -0.1) is 0 Å². The van der Waals surface area contributed by atoms with E-state index in [2.05, 4.69) is 30.4 Å². The van der Waals surface area contributed by atoms with Gasteiger partial charge in [-0.1, -0.05) is 30.2 Å². The first-order valence-electron chi connectivity index (χ1n) is 6.21. The highest BCUT2D eigenvalue weighted by Crippen LogP contribution is 2.46. The molecule has 1 aromatic carbocycles. The van der Waals surface area contributed by atoms with Gasteiger partial charge in [0, 0.05) is 18.5 Å². The molecule has 2 heteroatoms. The molecule has 1 heterocycles. The molecule has 16 heavy (non-hydrogen) atoms. The van der Waals surface area contributed by atoms with Gasteiger partial charge in [0.2, 0.25) is 0 Å². The van der Waals surface area contributed by atoms with Gasteiger partial charge >= 0.3 is 0 Å². The number of hydrogen-bond donors (Lipinski definition) is 2. The van der Waals surface area contributed by atoms with Crippen molar-refractivity contribution in [2.75, 3.05) is 13.1 Å². The van der Waals surface area contributed by atoms with Crippen LogP contribution in [-0.2, 0) is 5.41 Å². The van der Waals surface area contributed by atoms with E-state index in [0.29, 0.717) is 12.0 Å². The van der Waals surface area contributed by atoms with Crippen LogP contribution in [0, 0.1) is 6.92 Å². The molecule has 2 N–H and O–H groups in total. The van der Waals surface area contributed by atoms with E-state index < -0.39 is 0 Å². The van der Waals surface area contributed by atoms with Crippen molar-refractivity contribution in [3.8, 4) is 0 Å². The van der Waals surface area contributed by atoms with Gasteiger partial charge in [-0.25, -0.2) is 0 Å². The average Bonchev–Trinajstić information content (AvgIpc) is 2.34. The second-order valence-electron chi connectivity index (χ2n) is 5.37. The lowest BCUT2D eigenvalue weighted by molar-refractivity contribution is 0.177. The molecule has 2 aliphatic rings. The molecule has 1 atom stereocenters. The van der Waals surface area contributed by atoms with Gasteiger partial charge in [0.1, 0.15) is 0 Å². The van der Waals surface area contributed by atoms with E-state index in [1.807, 2.05) is 0 Å². The summed E-state index contributed by atoms with van der Waals surface area (Å²) in [5.41, 5.74) is 4.17. The highest BCUT2D eigenvalue weighted by molar-refractivity contribution is 5.41. The summed E-state index contributed by atoms with van der Waals surface area (Å²) in [5, 5.41) is 13.5. The number of benzene rings is 1. The van der Waals surface area contributed by atoms with Crippen LogP contribution in [0.25, 0.3) is 0 Å². The predicted molar refractivity (Wildman–Crippen MR) is 64.5 cm³/mol. The van der Waals surface area contributed by atoms with Gasteiger partial charge in [-0.3, -0.25) is 0 Å². The van der Waals surface area contributed by atoms with Gasteiger partial charge in [-0.2, -0.15) is 0 Å². The summed E-state index contributed by atoms with van der Waals surface area (Å²) in [4.78, 5) is 0. The van der Waals surface area contributed by atoms with Crippen LogP contribution in [0.15, 0.2) is 18.2 Å². The number of fused-ring (bicyclic) bond motifs is 2. The Morgan fingerprint density at radius 2 is 2.19 bits per heavy atom. The summed E-state index contributed by atoms with van der Waals surface area (Å²) in [6.07, 6.45) is 3.52. The third kappa shape index (κ3) is 1.40. The SMILES string of the molecule is Cc1ccc2c(c1)C1(CCC1)CNCC2O. The smallest absolute Gasteiger partial charge is 0.0917 e. The van der Waals surface area contributed by atoms with E-state index in [1.54, 1.807) is 0 Å². The molecule has 1 aliphatic heterocycles. The summed E-state index contributed by atoms with van der Waals surface area (Å²) in [5.74, 6) is 0. The lowest BCUT2D eigenvalue weighted by Crippen LogP contribution is -2.42. The number of hydrogen-bond acceptors (Lipinski definition) is 2. The van der Waals surface area contributed by atoms with Crippen molar-refractivity contribution in [3.05, 3.63) is 34.9 Å². The Kier molecular flexibility index (Phi) is 2.30. The van der Waals surface area contributed by atoms with Gasteiger partial charge in [0.05, 0.1) is 6.10 Å². The summed E-state index contributed by atoms with van der Waals surface area (Å²) >= 11 is 0. The molecule has 0 radical (unpaired) electrons. The average molecular weight is 217 g/mol. The maximum atomic E-state index is 10.1. The Morgan fingerprint density at radius 3 is 2.88 bits per heavy atom. The summed E-state index contributed by atoms with van der Waals surface area (Å²) in [7, 11) is 0. The second kappa shape index (κ2) is 3.57. The Bertz CT molecular complexity index is 409. The normalized spacial score (nSPS) is 27.0. The van der Waals surface area contributed by atoms with Crippen LogP contribution in [0.2, 0.25) is 0 Å². The molecule has 1 spiro atoms. The number of rotatable bonds is 0. The van der Waals surface area contributed by atoms with Crippen LogP contribution in [0.1, 0.15) is 42.1 Å². The zero-order chi connectivity index (χ0) is 11.2. The maximum Gasteiger partial charge on any atom is 0.0917 e. The number of β-amino-alcohol motifs (C(OH)–C–C–N with tert-alkyl or cyclic N) is 1. The fourth-order valence-corrected chi connectivity index (χ4v) is 3.12. The fourth-order valence-electron chi connectivity index (χ4n) is 3.12. The zero-order valence-electron chi connectivity index (χ0n) is 9.79. The van der Waals surface area contributed by atoms with Crippen molar-refractivity contribution < 1.29 is 5.11 Å². The Balaban J connectivity index is 2.14.